The molecular formula is C30H24ClN3O2. The number of carbonyl (C=O) groups excluding carboxylic acids is 2. The zero-order valence-corrected chi connectivity index (χ0v) is 20.3. The van der Waals surface area contributed by atoms with E-state index in [1.54, 1.807) is 15.9 Å². The van der Waals surface area contributed by atoms with Crippen molar-refractivity contribution in [3.63, 3.8) is 0 Å². The molecule has 1 spiro atoms. The van der Waals surface area contributed by atoms with Gasteiger partial charge in [0, 0.05) is 22.8 Å². The largest absolute Gasteiger partial charge is 0.350 e. The van der Waals surface area contributed by atoms with Gasteiger partial charge in [0.2, 0.25) is 5.66 Å². The molecule has 178 valence electrons. The smallest absolute Gasteiger partial charge is 0.279 e. The van der Waals surface area contributed by atoms with Crippen LogP contribution in [0.3, 0.4) is 0 Å². The fourth-order valence-electron chi connectivity index (χ4n) is 5.26. The predicted octanol–water partition coefficient (Wildman–Crippen LogP) is 5.85. The van der Waals surface area contributed by atoms with E-state index in [1.165, 1.54) is 0 Å². The van der Waals surface area contributed by atoms with Crippen molar-refractivity contribution in [1.82, 2.24) is 4.90 Å². The molecule has 6 heteroatoms. The number of carbonyl (C=O) groups is 2. The van der Waals surface area contributed by atoms with Gasteiger partial charge in [-0.25, -0.2) is 0 Å². The first kappa shape index (κ1) is 22.4. The highest BCUT2D eigenvalue weighted by molar-refractivity contribution is 6.31. The van der Waals surface area contributed by atoms with Crippen LogP contribution < -0.4 is 10.2 Å². The Hall–Kier alpha value is -4.09. The highest BCUT2D eigenvalue weighted by Gasteiger charge is 2.58. The third-order valence-electron chi connectivity index (χ3n) is 7.02. The maximum absolute atomic E-state index is 14.5. The van der Waals surface area contributed by atoms with E-state index in [4.69, 9.17) is 11.6 Å². The second-order valence-electron chi connectivity index (χ2n) is 9.07. The van der Waals surface area contributed by atoms with Crippen molar-refractivity contribution in [2.75, 3.05) is 16.8 Å². The molecule has 2 amide bonds. The summed E-state index contributed by atoms with van der Waals surface area (Å²) in [6, 6.07) is 32.6. The minimum atomic E-state index is -1.35. The second kappa shape index (κ2) is 8.85. The summed E-state index contributed by atoms with van der Waals surface area (Å²) in [7, 11) is 0. The summed E-state index contributed by atoms with van der Waals surface area (Å²) in [5, 5.41) is 4.11. The van der Waals surface area contributed by atoms with Gasteiger partial charge >= 0.3 is 0 Å². The molecule has 1 N–H and O–H groups in total. The molecule has 4 aromatic rings. The Balaban J connectivity index is 1.48. The van der Waals surface area contributed by atoms with Crippen LogP contribution in [0.2, 0.25) is 5.02 Å². The molecular weight excluding hydrogens is 470 g/mol. The van der Waals surface area contributed by atoms with Crippen LogP contribution in [0.5, 0.6) is 0 Å². The summed E-state index contributed by atoms with van der Waals surface area (Å²) in [6.07, 6.45) is 0.623. The van der Waals surface area contributed by atoms with Crippen LogP contribution in [0.25, 0.3) is 0 Å². The van der Waals surface area contributed by atoms with Crippen molar-refractivity contribution in [3.05, 3.63) is 130 Å². The van der Waals surface area contributed by atoms with Crippen LogP contribution in [0.15, 0.2) is 103 Å². The Morgan fingerprint density at radius 1 is 0.778 bits per heavy atom. The normalized spacial score (nSPS) is 18.2. The average Bonchev–Trinajstić information content (AvgIpc) is 3.13. The summed E-state index contributed by atoms with van der Waals surface area (Å²) in [5.74, 6) is -0.359. The number of anilines is 2. The van der Waals surface area contributed by atoms with E-state index in [-0.39, 0.29) is 11.8 Å². The number of nitrogens with zero attached hydrogens (tertiary/aromatic N) is 2. The van der Waals surface area contributed by atoms with Gasteiger partial charge in [0.1, 0.15) is 0 Å². The van der Waals surface area contributed by atoms with E-state index >= 15 is 0 Å². The molecule has 4 aromatic carbocycles. The Kier molecular flexibility index (Phi) is 5.50. The number of amides is 2. The van der Waals surface area contributed by atoms with Gasteiger partial charge in [-0.2, -0.15) is 0 Å². The van der Waals surface area contributed by atoms with Crippen molar-refractivity contribution in [1.29, 1.82) is 0 Å². The van der Waals surface area contributed by atoms with E-state index in [9.17, 15) is 9.59 Å². The summed E-state index contributed by atoms with van der Waals surface area (Å²) >= 11 is 6.47. The molecule has 0 unspecified atom stereocenters. The van der Waals surface area contributed by atoms with Gasteiger partial charge in [0.05, 0.1) is 17.8 Å². The van der Waals surface area contributed by atoms with Crippen LogP contribution in [0.4, 0.5) is 11.4 Å². The van der Waals surface area contributed by atoms with Crippen LogP contribution in [-0.4, -0.2) is 23.3 Å². The van der Waals surface area contributed by atoms with Gasteiger partial charge in [0.15, 0.2) is 0 Å². The van der Waals surface area contributed by atoms with Gasteiger partial charge in [-0.3, -0.25) is 9.59 Å². The Morgan fingerprint density at radius 2 is 1.47 bits per heavy atom. The quantitative estimate of drug-likeness (QED) is 0.379. The summed E-state index contributed by atoms with van der Waals surface area (Å²) < 4.78 is 0. The second-order valence-corrected chi connectivity index (χ2v) is 9.48. The van der Waals surface area contributed by atoms with Crippen molar-refractivity contribution >= 4 is 34.8 Å². The van der Waals surface area contributed by atoms with Crippen LogP contribution in [0.1, 0.15) is 27.0 Å². The summed E-state index contributed by atoms with van der Waals surface area (Å²) in [6.45, 7) is 0.686. The molecule has 0 aliphatic carbocycles. The lowest BCUT2D eigenvalue weighted by molar-refractivity contribution is -0.127. The van der Waals surface area contributed by atoms with Gasteiger partial charge in [-0.15, -0.1) is 0 Å². The zero-order chi connectivity index (χ0) is 24.7. The lowest BCUT2D eigenvalue weighted by Gasteiger charge is -2.45. The van der Waals surface area contributed by atoms with Crippen LogP contribution in [0, 0.1) is 0 Å². The molecule has 0 fully saturated rings. The highest BCUT2D eigenvalue weighted by atomic mass is 35.5. The van der Waals surface area contributed by atoms with Crippen LogP contribution in [-0.2, 0) is 23.4 Å². The summed E-state index contributed by atoms with van der Waals surface area (Å²) in [4.78, 5) is 31.9. The molecule has 2 aliphatic heterocycles. The molecule has 0 bridgehead atoms. The first-order valence-electron chi connectivity index (χ1n) is 12.0. The van der Waals surface area contributed by atoms with E-state index < -0.39 is 5.66 Å². The maximum atomic E-state index is 14.5. The third kappa shape index (κ3) is 3.47. The first-order chi connectivity index (χ1) is 17.6. The fraction of sp³-hybridized carbons (Fsp3) is 0.133. The topological polar surface area (TPSA) is 52.7 Å². The molecule has 0 saturated carbocycles. The Morgan fingerprint density at radius 3 is 2.31 bits per heavy atom. The fourth-order valence-corrected chi connectivity index (χ4v) is 5.46. The van der Waals surface area contributed by atoms with Gasteiger partial charge in [-0.1, -0.05) is 90.5 Å². The van der Waals surface area contributed by atoms with E-state index in [1.807, 2.05) is 97.1 Å². The number of benzene rings is 4. The zero-order valence-electron chi connectivity index (χ0n) is 19.5. The molecule has 0 radical (unpaired) electrons. The minimum Gasteiger partial charge on any atom is -0.350 e. The molecule has 5 nitrogen and oxygen atoms in total. The number of para-hydroxylation sites is 2. The number of nitrogens with one attached hydrogen (secondary N) is 1. The van der Waals surface area contributed by atoms with Gasteiger partial charge in [0.25, 0.3) is 11.8 Å². The van der Waals surface area contributed by atoms with Crippen LogP contribution >= 0.6 is 11.6 Å². The third-order valence-corrected chi connectivity index (χ3v) is 7.38. The average molecular weight is 494 g/mol. The standard InChI is InChI=1S/C30H24ClN3O2/c31-25-15-7-4-12-22(25)20-33-27-17-9-6-14-24(27)30(29(33)36)32-26-16-8-5-13-23(26)28(35)34(30)19-18-21-10-2-1-3-11-21/h1-17,32H,18-20H2/t30-/m1/s1. The van der Waals surface area contributed by atoms with Gasteiger partial charge in [-0.05, 0) is 41.8 Å². The van der Waals surface area contributed by atoms with Crippen molar-refractivity contribution < 1.29 is 9.59 Å². The van der Waals surface area contributed by atoms with E-state index in [0.717, 1.165) is 22.4 Å². The molecule has 2 heterocycles. The van der Waals surface area contributed by atoms with E-state index in [2.05, 4.69) is 5.32 Å². The van der Waals surface area contributed by atoms with Gasteiger partial charge < -0.3 is 15.1 Å². The molecule has 0 saturated heterocycles. The number of hydrogen-bond acceptors (Lipinski definition) is 3. The number of halogens is 1. The monoisotopic (exact) mass is 493 g/mol. The molecule has 2 aliphatic rings. The maximum Gasteiger partial charge on any atom is 0.279 e. The number of fused-ring (bicyclic) bond motifs is 3. The molecule has 36 heavy (non-hydrogen) atoms. The molecule has 1 atom stereocenters. The Bertz CT molecular complexity index is 1470. The first-order valence-corrected chi connectivity index (χ1v) is 12.4. The predicted molar refractivity (Wildman–Crippen MR) is 142 cm³/mol. The minimum absolute atomic E-state index is 0.164. The molecule has 0 aromatic heterocycles. The number of hydrogen-bond donors (Lipinski definition) is 1. The van der Waals surface area contributed by atoms with Crippen molar-refractivity contribution in [2.45, 2.75) is 18.6 Å². The van der Waals surface area contributed by atoms with Crippen molar-refractivity contribution in [3.8, 4) is 0 Å². The summed E-state index contributed by atoms with van der Waals surface area (Å²) in [5.41, 5.74) is 3.35. The van der Waals surface area contributed by atoms with Crippen molar-refractivity contribution in [2.24, 2.45) is 0 Å². The Labute approximate surface area is 214 Å². The number of rotatable bonds is 5. The lowest BCUT2D eigenvalue weighted by Crippen LogP contribution is -2.62. The highest BCUT2D eigenvalue weighted by Crippen LogP contribution is 2.48. The van der Waals surface area contributed by atoms with E-state index in [0.29, 0.717) is 35.8 Å². The SMILES string of the molecule is O=C1c2ccccc2N[C@@]2(C(=O)N(Cc3ccccc3Cl)c3ccccc32)N1CCc1ccccc1. The molecule has 6 rings (SSSR count). The lowest BCUT2D eigenvalue weighted by atomic mass is 9.92.